The molecule has 24 heavy (non-hydrogen) atoms. The summed E-state index contributed by atoms with van der Waals surface area (Å²) in [6.07, 6.45) is 1.45. The number of nitrogens with zero attached hydrogens (tertiary/aromatic N) is 2. The maximum atomic E-state index is 14.4. The Balaban J connectivity index is 2.20. The van der Waals surface area contributed by atoms with Crippen LogP contribution in [0.5, 0.6) is 0 Å². The lowest BCUT2D eigenvalue weighted by Gasteiger charge is -2.09. The molecule has 0 saturated heterocycles. The summed E-state index contributed by atoms with van der Waals surface area (Å²) in [5.74, 6) is -0.708. The van der Waals surface area contributed by atoms with E-state index in [1.807, 2.05) is 30.3 Å². The van der Waals surface area contributed by atoms with Gasteiger partial charge in [-0.3, -0.25) is 4.57 Å². The second kappa shape index (κ2) is 6.84. The molecule has 3 aromatic rings. The molecule has 0 atom stereocenters. The molecule has 0 bridgehead atoms. The van der Waals surface area contributed by atoms with Crippen molar-refractivity contribution in [1.82, 2.24) is 9.55 Å². The molecule has 0 radical (unpaired) electrons. The third kappa shape index (κ3) is 3.03. The first-order valence-electron chi connectivity index (χ1n) is 7.38. The largest absolute Gasteiger partial charge is 0.461 e. The van der Waals surface area contributed by atoms with Crippen LogP contribution in [0.4, 0.5) is 4.39 Å². The number of aromatic nitrogens is 2. The highest BCUT2D eigenvalue weighted by molar-refractivity contribution is 6.30. The maximum absolute atomic E-state index is 14.4. The zero-order valence-corrected chi connectivity index (χ0v) is 13.6. The minimum Gasteiger partial charge on any atom is -0.461 e. The fourth-order valence-corrected chi connectivity index (χ4v) is 2.51. The van der Waals surface area contributed by atoms with Gasteiger partial charge in [0.15, 0.2) is 11.5 Å². The Morgan fingerprint density at radius 1 is 1.21 bits per heavy atom. The maximum Gasteiger partial charge on any atom is 0.358 e. The summed E-state index contributed by atoms with van der Waals surface area (Å²) in [6, 6.07) is 13.9. The summed E-state index contributed by atoms with van der Waals surface area (Å²) >= 11 is 5.88. The smallest absolute Gasteiger partial charge is 0.358 e. The molecule has 1 heterocycles. The molecule has 0 saturated carbocycles. The van der Waals surface area contributed by atoms with E-state index in [4.69, 9.17) is 16.3 Å². The first kappa shape index (κ1) is 16.2. The third-order valence-electron chi connectivity index (χ3n) is 3.41. The summed E-state index contributed by atoms with van der Waals surface area (Å²) in [5.41, 5.74) is 1.06. The number of halogens is 2. The fourth-order valence-electron chi connectivity index (χ4n) is 2.34. The lowest BCUT2D eigenvalue weighted by atomic mass is 10.2. The van der Waals surface area contributed by atoms with Gasteiger partial charge in [0, 0.05) is 11.8 Å². The molecular formula is C18H14ClFN2O2. The predicted molar refractivity (Wildman–Crippen MR) is 89.9 cm³/mol. The summed E-state index contributed by atoms with van der Waals surface area (Å²) in [7, 11) is 0. The van der Waals surface area contributed by atoms with Crippen molar-refractivity contribution in [2.45, 2.75) is 6.92 Å². The predicted octanol–water partition coefficient (Wildman–Crippen LogP) is 4.51. The van der Waals surface area contributed by atoms with Crippen molar-refractivity contribution in [3.8, 4) is 17.1 Å². The van der Waals surface area contributed by atoms with Gasteiger partial charge in [-0.2, -0.15) is 0 Å². The number of ether oxygens (including phenoxy) is 1. The van der Waals surface area contributed by atoms with Gasteiger partial charge in [-0.05, 0) is 19.1 Å². The third-order valence-corrected chi connectivity index (χ3v) is 3.71. The Morgan fingerprint density at radius 3 is 2.67 bits per heavy atom. The molecule has 3 rings (SSSR count). The number of imidazole rings is 1. The summed E-state index contributed by atoms with van der Waals surface area (Å²) in [4.78, 5) is 16.3. The highest BCUT2D eigenvalue weighted by Crippen LogP contribution is 2.27. The Kier molecular flexibility index (Phi) is 4.62. The molecule has 4 nitrogen and oxygen atoms in total. The quantitative estimate of drug-likeness (QED) is 0.654. The first-order chi connectivity index (χ1) is 11.6. The SMILES string of the molecule is CCOC(=O)c1cn(-c2cccc(Cl)c2F)c(-c2ccccc2)n1. The number of hydrogen-bond acceptors (Lipinski definition) is 3. The summed E-state index contributed by atoms with van der Waals surface area (Å²) < 4.78 is 20.9. The molecule has 1 aromatic heterocycles. The molecular weight excluding hydrogens is 331 g/mol. The van der Waals surface area contributed by atoms with Crippen LogP contribution in [0.15, 0.2) is 54.7 Å². The van der Waals surface area contributed by atoms with E-state index in [0.29, 0.717) is 5.82 Å². The topological polar surface area (TPSA) is 44.1 Å². The number of carbonyl (C=O) groups is 1. The zero-order chi connectivity index (χ0) is 17.1. The number of rotatable bonds is 4. The van der Waals surface area contributed by atoms with Crippen LogP contribution < -0.4 is 0 Å². The van der Waals surface area contributed by atoms with E-state index < -0.39 is 11.8 Å². The van der Waals surface area contributed by atoms with E-state index in [1.54, 1.807) is 19.1 Å². The van der Waals surface area contributed by atoms with Crippen LogP contribution in [0.2, 0.25) is 5.02 Å². The Bertz CT molecular complexity index is 878. The van der Waals surface area contributed by atoms with Crippen LogP contribution in [0.3, 0.4) is 0 Å². The molecule has 122 valence electrons. The van der Waals surface area contributed by atoms with Crippen LogP contribution in [0.25, 0.3) is 17.1 Å². The number of carbonyl (C=O) groups excluding carboxylic acids is 1. The van der Waals surface area contributed by atoms with Crippen LogP contribution in [-0.2, 0) is 4.74 Å². The standard InChI is InChI=1S/C18H14ClFN2O2/c1-2-24-18(23)14-11-22(15-10-6-9-13(19)16(15)20)17(21-14)12-7-4-3-5-8-12/h3-11H,2H2,1H3. The van der Waals surface area contributed by atoms with Crippen molar-refractivity contribution >= 4 is 17.6 Å². The van der Waals surface area contributed by atoms with Crippen molar-refractivity contribution < 1.29 is 13.9 Å². The molecule has 0 amide bonds. The van der Waals surface area contributed by atoms with Crippen LogP contribution in [-0.4, -0.2) is 22.1 Å². The normalized spacial score (nSPS) is 10.6. The molecule has 0 fully saturated rings. The van der Waals surface area contributed by atoms with Gasteiger partial charge in [0.25, 0.3) is 0 Å². The van der Waals surface area contributed by atoms with E-state index in [1.165, 1.54) is 16.8 Å². The Morgan fingerprint density at radius 2 is 1.96 bits per heavy atom. The van der Waals surface area contributed by atoms with Gasteiger partial charge in [-0.1, -0.05) is 48.0 Å². The zero-order valence-electron chi connectivity index (χ0n) is 12.9. The minimum absolute atomic E-state index is 0.00195. The van der Waals surface area contributed by atoms with Crippen LogP contribution in [0.1, 0.15) is 17.4 Å². The number of hydrogen-bond donors (Lipinski definition) is 0. The minimum atomic E-state index is -0.579. The van der Waals surface area contributed by atoms with Gasteiger partial charge in [0.05, 0.1) is 17.3 Å². The van der Waals surface area contributed by atoms with Crippen LogP contribution in [0, 0.1) is 5.82 Å². The Labute approximate surface area is 143 Å². The monoisotopic (exact) mass is 344 g/mol. The lowest BCUT2D eigenvalue weighted by molar-refractivity contribution is 0.0520. The molecule has 6 heteroatoms. The first-order valence-corrected chi connectivity index (χ1v) is 7.76. The van der Waals surface area contributed by atoms with Gasteiger partial charge in [-0.15, -0.1) is 0 Å². The second-order valence-electron chi connectivity index (χ2n) is 4.98. The van der Waals surface area contributed by atoms with E-state index in [0.717, 1.165) is 5.56 Å². The van der Waals surface area contributed by atoms with Crippen molar-refractivity contribution in [3.63, 3.8) is 0 Å². The summed E-state index contributed by atoms with van der Waals surface area (Å²) in [6.45, 7) is 1.95. The van der Waals surface area contributed by atoms with Crippen molar-refractivity contribution in [2.24, 2.45) is 0 Å². The highest BCUT2D eigenvalue weighted by Gasteiger charge is 2.19. The average molecular weight is 345 g/mol. The molecule has 0 unspecified atom stereocenters. The van der Waals surface area contributed by atoms with Gasteiger partial charge in [0.2, 0.25) is 0 Å². The van der Waals surface area contributed by atoms with Gasteiger partial charge >= 0.3 is 5.97 Å². The van der Waals surface area contributed by atoms with Gasteiger partial charge in [-0.25, -0.2) is 14.2 Å². The highest BCUT2D eigenvalue weighted by atomic mass is 35.5. The average Bonchev–Trinajstić information content (AvgIpc) is 3.03. The van der Waals surface area contributed by atoms with E-state index >= 15 is 0 Å². The second-order valence-corrected chi connectivity index (χ2v) is 5.39. The van der Waals surface area contributed by atoms with Crippen molar-refractivity contribution in [3.05, 3.63) is 71.3 Å². The molecule has 0 spiro atoms. The lowest BCUT2D eigenvalue weighted by Crippen LogP contribution is -2.04. The van der Waals surface area contributed by atoms with Crippen molar-refractivity contribution in [2.75, 3.05) is 6.61 Å². The molecule has 2 aromatic carbocycles. The van der Waals surface area contributed by atoms with E-state index in [2.05, 4.69) is 4.98 Å². The number of esters is 1. The van der Waals surface area contributed by atoms with E-state index in [-0.39, 0.29) is 23.0 Å². The van der Waals surface area contributed by atoms with Crippen molar-refractivity contribution in [1.29, 1.82) is 0 Å². The Hall–Kier alpha value is -2.66. The van der Waals surface area contributed by atoms with Gasteiger partial charge < -0.3 is 4.74 Å². The van der Waals surface area contributed by atoms with Gasteiger partial charge in [0.1, 0.15) is 5.82 Å². The number of benzene rings is 2. The fraction of sp³-hybridized carbons (Fsp3) is 0.111. The summed E-state index contributed by atoms with van der Waals surface area (Å²) in [5, 5.41) is -0.00195. The van der Waals surface area contributed by atoms with Crippen LogP contribution >= 0.6 is 11.6 Å². The molecule has 0 aliphatic rings. The molecule has 0 aliphatic heterocycles. The van der Waals surface area contributed by atoms with E-state index in [9.17, 15) is 9.18 Å². The molecule has 0 aliphatic carbocycles. The molecule has 0 N–H and O–H groups in total.